The van der Waals surface area contributed by atoms with Gasteiger partial charge in [-0.15, -0.1) is 0 Å². The highest BCUT2D eigenvalue weighted by molar-refractivity contribution is 8.77. The Morgan fingerprint density at radius 3 is 1.67 bits per heavy atom. The van der Waals surface area contributed by atoms with Crippen molar-refractivity contribution < 1.29 is 23.9 Å². The Morgan fingerprint density at radius 1 is 0.758 bits per heavy atom. The van der Waals surface area contributed by atoms with Crippen molar-refractivity contribution in [2.45, 2.75) is 105 Å². The lowest BCUT2D eigenvalue weighted by atomic mass is 10.2. The summed E-state index contributed by atoms with van der Waals surface area (Å²) in [7, 11) is 6.16. The predicted molar refractivity (Wildman–Crippen MR) is 143 cm³/mol. The molecule has 0 aromatic heterocycles. The standard InChI is InChI=1S/C11H22N2O2S2.C8H15NO3.2C2H6/c1-8(2)13-11(15)7-16-17-9(3)5-6-10(14)12-4;1-6(2)9-7(10)4-5-8(11)12-3;2*1-2/h8-9H,5-7H2,1-4H3,(H,12,14)(H,13,15);6H,4-5H2,1-3H3,(H,9,10);2*1-2H3. The molecule has 0 aromatic rings. The second-order valence-electron chi connectivity index (χ2n) is 6.90. The van der Waals surface area contributed by atoms with Crippen LogP contribution < -0.4 is 16.0 Å². The highest BCUT2D eigenvalue weighted by Gasteiger charge is 2.09. The van der Waals surface area contributed by atoms with Crippen LogP contribution >= 0.6 is 21.6 Å². The van der Waals surface area contributed by atoms with Crippen molar-refractivity contribution in [3.05, 3.63) is 0 Å². The number of hydrogen-bond donors (Lipinski definition) is 3. The van der Waals surface area contributed by atoms with Crippen LogP contribution in [-0.4, -0.2) is 60.9 Å². The van der Waals surface area contributed by atoms with Crippen molar-refractivity contribution in [2.75, 3.05) is 19.9 Å². The van der Waals surface area contributed by atoms with Crippen LogP contribution in [0.3, 0.4) is 0 Å². The Hall–Kier alpha value is -1.42. The molecule has 10 heteroatoms. The third-order valence-electron chi connectivity index (χ3n) is 3.16. The maximum atomic E-state index is 11.3. The maximum absolute atomic E-state index is 11.3. The van der Waals surface area contributed by atoms with E-state index in [1.165, 1.54) is 7.11 Å². The second-order valence-corrected chi connectivity index (χ2v) is 9.71. The van der Waals surface area contributed by atoms with E-state index in [4.69, 9.17) is 0 Å². The molecular weight excluding hydrogens is 462 g/mol. The molecule has 1 atom stereocenters. The van der Waals surface area contributed by atoms with Gasteiger partial charge in [-0.05, 0) is 34.1 Å². The van der Waals surface area contributed by atoms with Gasteiger partial charge in [0.2, 0.25) is 17.7 Å². The third-order valence-corrected chi connectivity index (χ3v) is 5.99. The number of esters is 1. The molecule has 1 unspecified atom stereocenters. The van der Waals surface area contributed by atoms with E-state index >= 15 is 0 Å². The molecule has 0 radical (unpaired) electrons. The van der Waals surface area contributed by atoms with Crippen LogP contribution in [0, 0.1) is 0 Å². The van der Waals surface area contributed by atoms with Gasteiger partial charge in [-0.25, -0.2) is 0 Å². The van der Waals surface area contributed by atoms with Gasteiger partial charge in [0.05, 0.1) is 19.3 Å². The Bertz CT molecular complexity index is 504. The molecule has 0 saturated carbocycles. The van der Waals surface area contributed by atoms with Gasteiger partial charge in [0.1, 0.15) is 0 Å². The summed E-state index contributed by atoms with van der Waals surface area (Å²) in [4.78, 5) is 43.9. The molecule has 0 aromatic carbocycles. The fraction of sp³-hybridized carbons (Fsp3) is 0.826. The molecule has 0 heterocycles. The minimum Gasteiger partial charge on any atom is -0.469 e. The molecule has 0 bridgehead atoms. The highest BCUT2D eigenvalue weighted by atomic mass is 33.1. The SMILES string of the molecule is CC.CC.CNC(=O)CCC(C)SSCC(=O)NC(C)C.COC(=O)CCC(=O)NC(C)C. The predicted octanol–water partition coefficient (Wildman–Crippen LogP) is 4.32. The Labute approximate surface area is 210 Å². The topological polar surface area (TPSA) is 114 Å². The van der Waals surface area contributed by atoms with Gasteiger partial charge in [-0.3, -0.25) is 19.2 Å². The summed E-state index contributed by atoms with van der Waals surface area (Å²) in [6, 6.07) is 0.314. The molecule has 0 aliphatic carbocycles. The molecule has 0 rings (SSSR count). The van der Waals surface area contributed by atoms with Gasteiger partial charge in [-0.1, -0.05) is 56.2 Å². The van der Waals surface area contributed by atoms with E-state index < -0.39 is 0 Å². The van der Waals surface area contributed by atoms with Crippen molar-refractivity contribution in [1.29, 1.82) is 0 Å². The summed E-state index contributed by atoms with van der Waals surface area (Å²) in [5, 5.41) is 8.49. The zero-order chi connectivity index (χ0) is 26.8. The van der Waals surface area contributed by atoms with Gasteiger partial charge >= 0.3 is 5.97 Å². The number of nitrogens with one attached hydrogen (secondary N) is 3. The fourth-order valence-corrected chi connectivity index (χ4v) is 4.00. The Morgan fingerprint density at radius 2 is 1.24 bits per heavy atom. The molecule has 0 fully saturated rings. The lowest BCUT2D eigenvalue weighted by molar-refractivity contribution is -0.142. The van der Waals surface area contributed by atoms with Crippen LogP contribution in [0.4, 0.5) is 0 Å². The molecule has 0 aliphatic rings. The van der Waals surface area contributed by atoms with Crippen LogP contribution in [0.15, 0.2) is 0 Å². The van der Waals surface area contributed by atoms with E-state index in [0.29, 0.717) is 17.4 Å². The zero-order valence-corrected chi connectivity index (χ0v) is 24.3. The number of carbonyl (C=O) groups is 4. The highest BCUT2D eigenvalue weighted by Crippen LogP contribution is 2.28. The van der Waals surface area contributed by atoms with Crippen LogP contribution in [-0.2, 0) is 23.9 Å². The largest absolute Gasteiger partial charge is 0.469 e. The number of ether oxygens (including phenoxy) is 1. The summed E-state index contributed by atoms with van der Waals surface area (Å²) >= 11 is 0. The summed E-state index contributed by atoms with van der Waals surface area (Å²) in [5.74, 6) is 0.132. The first-order valence-corrected chi connectivity index (χ1v) is 14.0. The number of amides is 3. The first kappa shape index (κ1) is 38.8. The lowest BCUT2D eigenvalue weighted by Crippen LogP contribution is -2.31. The van der Waals surface area contributed by atoms with Crippen molar-refractivity contribution in [3.63, 3.8) is 0 Å². The molecule has 3 amide bonds. The second kappa shape index (κ2) is 28.6. The lowest BCUT2D eigenvalue weighted by Gasteiger charge is -2.11. The number of rotatable bonds is 12. The molecular formula is C23H49N3O5S2. The quantitative estimate of drug-likeness (QED) is 0.264. The van der Waals surface area contributed by atoms with Crippen LogP contribution in [0.1, 0.15) is 88.0 Å². The van der Waals surface area contributed by atoms with Gasteiger partial charge in [-0.2, -0.15) is 0 Å². The van der Waals surface area contributed by atoms with E-state index in [1.807, 2.05) is 55.4 Å². The molecule has 8 nitrogen and oxygen atoms in total. The first-order valence-electron chi connectivity index (χ1n) is 11.7. The summed E-state index contributed by atoms with van der Waals surface area (Å²) in [6.45, 7) is 17.7. The van der Waals surface area contributed by atoms with E-state index in [-0.39, 0.29) is 48.6 Å². The Balaban J connectivity index is -0.000000230. The van der Waals surface area contributed by atoms with Gasteiger partial charge in [0, 0.05) is 37.2 Å². The van der Waals surface area contributed by atoms with E-state index in [9.17, 15) is 19.2 Å². The average Bonchev–Trinajstić information content (AvgIpc) is 2.77. The number of methoxy groups -OCH3 is 1. The van der Waals surface area contributed by atoms with E-state index in [2.05, 4.69) is 27.6 Å². The molecule has 0 spiro atoms. The van der Waals surface area contributed by atoms with Crippen LogP contribution in [0.2, 0.25) is 0 Å². The third kappa shape index (κ3) is 35.4. The molecule has 198 valence electrons. The van der Waals surface area contributed by atoms with Crippen molar-refractivity contribution in [2.24, 2.45) is 0 Å². The minimum atomic E-state index is -0.353. The molecule has 0 aliphatic heterocycles. The van der Waals surface area contributed by atoms with Crippen molar-refractivity contribution in [1.82, 2.24) is 16.0 Å². The van der Waals surface area contributed by atoms with Crippen LogP contribution in [0.5, 0.6) is 0 Å². The Kier molecular flexibility index (Phi) is 33.7. The van der Waals surface area contributed by atoms with Crippen molar-refractivity contribution in [3.8, 4) is 0 Å². The van der Waals surface area contributed by atoms with Gasteiger partial charge in [0.25, 0.3) is 0 Å². The fourth-order valence-electron chi connectivity index (χ4n) is 1.79. The zero-order valence-electron chi connectivity index (χ0n) is 22.6. The van der Waals surface area contributed by atoms with Crippen LogP contribution in [0.25, 0.3) is 0 Å². The van der Waals surface area contributed by atoms with Gasteiger partial charge < -0.3 is 20.7 Å². The molecule has 0 saturated heterocycles. The van der Waals surface area contributed by atoms with Crippen molar-refractivity contribution >= 4 is 45.3 Å². The normalized spacial score (nSPS) is 10.2. The van der Waals surface area contributed by atoms with Gasteiger partial charge in [0.15, 0.2) is 0 Å². The summed E-state index contributed by atoms with van der Waals surface area (Å²) < 4.78 is 4.39. The monoisotopic (exact) mass is 511 g/mol. The molecule has 3 N–H and O–H groups in total. The summed E-state index contributed by atoms with van der Waals surface area (Å²) in [5.41, 5.74) is 0. The van der Waals surface area contributed by atoms with E-state index in [1.54, 1.807) is 28.6 Å². The summed E-state index contributed by atoms with van der Waals surface area (Å²) in [6.07, 6.45) is 1.73. The van der Waals surface area contributed by atoms with E-state index in [0.717, 1.165) is 6.42 Å². The first-order chi connectivity index (χ1) is 15.5. The number of hydrogen-bond acceptors (Lipinski definition) is 7. The average molecular weight is 512 g/mol. The molecule has 33 heavy (non-hydrogen) atoms. The smallest absolute Gasteiger partial charge is 0.306 e. The number of carbonyl (C=O) groups excluding carboxylic acids is 4. The minimum absolute atomic E-state index is 0.0657. The maximum Gasteiger partial charge on any atom is 0.306 e.